The molecular weight excluding hydrogens is 516 g/mol. The van der Waals surface area contributed by atoms with Crippen LogP contribution < -0.4 is 14.4 Å². The van der Waals surface area contributed by atoms with Crippen LogP contribution in [0.2, 0.25) is 0 Å². The fourth-order valence-electron chi connectivity index (χ4n) is 3.48. The van der Waals surface area contributed by atoms with E-state index in [-0.39, 0.29) is 23.4 Å². The van der Waals surface area contributed by atoms with Gasteiger partial charge >= 0.3 is 0 Å². The van der Waals surface area contributed by atoms with Crippen LogP contribution in [0.25, 0.3) is 0 Å². The number of hydrogen-bond acceptors (Lipinski definition) is 4. The van der Waals surface area contributed by atoms with Crippen LogP contribution in [0.4, 0.5) is 5.69 Å². The van der Waals surface area contributed by atoms with Crippen LogP contribution in [-0.4, -0.2) is 33.5 Å². The van der Waals surface area contributed by atoms with E-state index in [9.17, 15) is 13.2 Å². The molecule has 0 saturated heterocycles. The first-order valence-corrected chi connectivity index (χ1v) is 13.4. The highest BCUT2D eigenvalue weighted by Crippen LogP contribution is 2.26. The lowest BCUT2D eigenvalue weighted by Crippen LogP contribution is -2.43. The second-order valence-corrected chi connectivity index (χ2v) is 10.7. The number of aryl methyl sites for hydroxylation is 1. The summed E-state index contributed by atoms with van der Waals surface area (Å²) < 4.78 is 34.3. The molecule has 3 aromatic carbocycles. The van der Waals surface area contributed by atoms with Gasteiger partial charge in [-0.05, 0) is 80.8 Å². The van der Waals surface area contributed by atoms with Crippen molar-refractivity contribution < 1.29 is 17.9 Å². The van der Waals surface area contributed by atoms with E-state index >= 15 is 0 Å². The Balaban J connectivity index is 1.77. The van der Waals surface area contributed by atoms with Gasteiger partial charge in [-0.2, -0.15) is 0 Å². The van der Waals surface area contributed by atoms with Gasteiger partial charge in [-0.3, -0.25) is 9.10 Å². The number of ether oxygens (including phenoxy) is 1. The summed E-state index contributed by atoms with van der Waals surface area (Å²) in [6.45, 7) is 3.97. The zero-order valence-electron chi connectivity index (χ0n) is 19.3. The van der Waals surface area contributed by atoms with Crippen LogP contribution in [0, 0.1) is 0 Å². The second kappa shape index (κ2) is 12.0. The van der Waals surface area contributed by atoms with E-state index in [0.29, 0.717) is 18.0 Å². The van der Waals surface area contributed by atoms with E-state index in [4.69, 9.17) is 4.74 Å². The number of anilines is 1. The number of nitrogens with one attached hydrogen (secondary N) is 1. The third-order valence-electron chi connectivity index (χ3n) is 5.24. The maximum atomic E-state index is 13.5. The Morgan fingerprint density at radius 1 is 1.00 bits per heavy atom. The fourth-order valence-corrected chi connectivity index (χ4v) is 5.16. The van der Waals surface area contributed by atoms with E-state index < -0.39 is 10.0 Å². The predicted octanol–water partition coefficient (Wildman–Crippen LogP) is 5.18. The van der Waals surface area contributed by atoms with Crippen LogP contribution in [0.5, 0.6) is 5.75 Å². The minimum absolute atomic E-state index is 0.106. The third kappa shape index (κ3) is 7.08. The summed E-state index contributed by atoms with van der Waals surface area (Å²) in [5.74, 6) is 0.265. The van der Waals surface area contributed by atoms with Gasteiger partial charge in [-0.15, -0.1) is 0 Å². The number of rotatable bonds is 11. The molecule has 3 rings (SSSR count). The topological polar surface area (TPSA) is 75.7 Å². The average Bonchev–Trinajstić information content (AvgIpc) is 2.83. The normalized spacial score (nSPS) is 12.1. The molecule has 0 aromatic heterocycles. The number of hydrogen-bond donors (Lipinski definition) is 1. The molecule has 0 aliphatic rings. The van der Waals surface area contributed by atoms with Crippen molar-refractivity contribution in [2.24, 2.45) is 0 Å². The molecule has 6 nitrogen and oxygen atoms in total. The van der Waals surface area contributed by atoms with E-state index in [1.54, 1.807) is 36.4 Å². The molecule has 8 heteroatoms. The van der Waals surface area contributed by atoms with Crippen LogP contribution in [0.15, 0.2) is 88.2 Å². The lowest BCUT2D eigenvalue weighted by atomic mass is 10.1. The van der Waals surface area contributed by atoms with Crippen molar-refractivity contribution in [3.63, 3.8) is 0 Å². The zero-order valence-corrected chi connectivity index (χ0v) is 21.7. The maximum absolute atomic E-state index is 13.5. The molecule has 3 aromatic rings. The van der Waals surface area contributed by atoms with Crippen LogP contribution >= 0.6 is 15.9 Å². The van der Waals surface area contributed by atoms with Crippen molar-refractivity contribution in [1.29, 1.82) is 0 Å². The van der Waals surface area contributed by atoms with E-state index in [1.807, 2.05) is 44.2 Å². The summed E-state index contributed by atoms with van der Waals surface area (Å²) in [5.41, 5.74) is 1.58. The number of sulfonamides is 1. The SMILES string of the molecule is CCOc1ccc(N(CC(=O)N[C@H](C)CCc2ccccc2)S(=O)(=O)c2ccc(Br)cc2)cc1. The van der Waals surface area contributed by atoms with Crippen molar-refractivity contribution >= 4 is 37.5 Å². The first-order valence-electron chi connectivity index (χ1n) is 11.1. The standard InChI is InChI=1S/C26H29BrN2O4S/c1-3-33-24-15-13-23(14-16-24)29(34(31,32)25-17-11-22(27)12-18-25)19-26(30)28-20(2)9-10-21-7-5-4-6-8-21/h4-8,11-18,20H,3,9-10,19H2,1-2H3,(H,28,30)/t20-/m1/s1. The van der Waals surface area contributed by atoms with Gasteiger partial charge in [0.15, 0.2) is 0 Å². The van der Waals surface area contributed by atoms with Crippen LogP contribution in [0.1, 0.15) is 25.8 Å². The summed E-state index contributed by atoms with van der Waals surface area (Å²) in [6, 6.07) is 23.0. The van der Waals surface area contributed by atoms with Gasteiger partial charge in [0.2, 0.25) is 5.91 Å². The van der Waals surface area contributed by atoms with Crippen LogP contribution in [-0.2, 0) is 21.2 Å². The van der Waals surface area contributed by atoms with E-state index in [0.717, 1.165) is 21.6 Å². The molecule has 0 radical (unpaired) electrons. The van der Waals surface area contributed by atoms with Gasteiger partial charge in [0.25, 0.3) is 10.0 Å². The molecule has 0 spiro atoms. The Labute approximate surface area is 210 Å². The van der Waals surface area contributed by atoms with Gasteiger partial charge in [-0.25, -0.2) is 8.42 Å². The molecule has 0 aliphatic heterocycles. The highest BCUT2D eigenvalue weighted by Gasteiger charge is 2.27. The molecule has 0 aliphatic carbocycles. The monoisotopic (exact) mass is 544 g/mol. The van der Waals surface area contributed by atoms with E-state index in [2.05, 4.69) is 21.2 Å². The molecule has 0 bridgehead atoms. The smallest absolute Gasteiger partial charge is 0.264 e. The quantitative estimate of drug-likeness (QED) is 0.360. The molecule has 0 heterocycles. The Morgan fingerprint density at radius 2 is 1.65 bits per heavy atom. The Kier molecular flexibility index (Phi) is 9.12. The number of carbonyl (C=O) groups is 1. The zero-order chi connectivity index (χ0) is 24.6. The first kappa shape index (κ1) is 25.8. The van der Waals surface area contributed by atoms with Crippen LogP contribution in [0.3, 0.4) is 0 Å². The van der Waals surface area contributed by atoms with Gasteiger partial charge in [0.05, 0.1) is 17.2 Å². The highest BCUT2D eigenvalue weighted by atomic mass is 79.9. The van der Waals surface area contributed by atoms with E-state index in [1.165, 1.54) is 17.7 Å². The van der Waals surface area contributed by atoms with Gasteiger partial charge in [0, 0.05) is 10.5 Å². The molecule has 0 unspecified atom stereocenters. The minimum Gasteiger partial charge on any atom is -0.494 e. The van der Waals surface area contributed by atoms with Gasteiger partial charge < -0.3 is 10.1 Å². The summed E-state index contributed by atoms with van der Waals surface area (Å²) in [4.78, 5) is 13.0. The van der Waals surface area contributed by atoms with Crippen molar-refractivity contribution in [1.82, 2.24) is 5.32 Å². The lowest BCUT2D eigenvalue weighted by Gasteiger charge is -2.25. The fraction of sp³-hybridized carbons (Fsp3) is 0.269. The number of nitrogens with zero attached hydrogens (tertiary/aromatic N) is 1. The Bertz CT molecular complexity index is 1170. The number of halogens is 1. The summed E-state index contributed by atoms with van der Waals surface area (Å²) in [5, 5.41) is 2.94. The molecule has 1 amide bonds. The van der Waals surface area contributed by atoms with Crippen molar-refractivity contribution in [3.8, 4) is 5.75 Å². The van der Waals surface area contributed by atoms with Crippen molar-refractivity contribution in [3.05, 3.63) is 88.9 Å². The molecule has 1 N–H and O–H groups in total. The third-order valence-corrected chi connectivity index (χ3v) is 7.56. The van der Waals surface area contributed by atoms with Gasteiger partial charge in [0.1, 0.15) is 12.3 Å². The minimum atomic E-state index is -3.97. The molecule has 1 atom stereocenters. The number of amides is 1. The Morgan fingerprint density at radius 3 is 2.26 bits per heavy atom. The summed E-state index contributed by atoms with van der Waals surface area (Å²) in [6.07, 6.45) is 1.57. The first-order chi connectivity index (χ1) is 16.3. The Hall–Kier alpha value is -2.84. The summed E-state index contributed by atoms with van der Waals surface area (Å²) >= 11 is 3.33. The molecule has 180 valence electrons. The largest absolute Gasteiger partial charge is 0.494 e. The average molecular weight is 545 g/mol. The van der Waals surface area contributed by atoms with Crippen molar-refractivity contribution in [2.45, 2.75) is 37.6 Å². The number of benzene rings is 3. The van der Waals surface area contributed by atoms with Crippen molar-refractivity contribution in [2.75, 3.05) is 17.5 Å². The lowest BCUT2D eigenvalue weighted by molar-refractivity contribution is -0.120. The maximum Gasteiger partial charge on any atom is 0.264 e. The van der Waals surface area contributed by atoms with Gasteiger partial charge in [-0.1, -0.05) is 46.3 Å². The molecule has 0 saturated carbocycles. The molecule has 34 heavy (non-hydrogen) atoms. The number of carbonyl (C=O) groups excluding carboxylic acids is 1. The summed E-state index contributed by atoms with van der Waals surface area (Å²) in [7, 11) is -3.97. The predicted molar refractivity (Wildman–Crippen MR) is 139 cm³/mol. The molecule has 0 fully saturated rings. The highest BCUT2D eigenvalue weighted by molar-refractivity contribution is 9.10. The molecular formula is C26H29BrN2O4S. The second-order valence-electron chi connectivity index (χ2n) is 7.89.